The van der Waals surface area contributed by atoms with Gasteiger partial charge in [-0.3, -0.25) is 0 Å². The van der Waals surface area contributed by atoms with Crippen LogP contribution in [0, 0.1) is 0 Å². The molecule has 0 aliphatic rings. The van der Waals surface area contributed by atoms with Crippen LogP contribution in [-0.2, 0) is 39.4 Å². The van der Waals surface area contributed by atoms with E-state index in [9.17, 15) is 0 Å². The van der Waals surface area contributed by atoms with Crippen molar-refractivity contribution in [1.29, 1.82) is 0 Å². The van der Waals surface area contributed by atoms with Crippen molar-refractivity contribution in [2.24, 2.45) is 0 Å². The number of hydrogen-bond acceptors (Lipinski definition) is 0. The van der Waals surface area contributed by atoms with E-state index in [2.05, 4.69) is 0 Å². The molecule has 0 nitrogen and oxygen atoms in total. The van der Waals surface area contributed by atoms with Crippen LogP contribution in [0.1, 0.15) is 0 Å². The van der Waals surface area contributed by atoms with Crippen molar-refractivity contribution in [1.82, 2.24) is 0 Å². The Balaban J connectivity index is 0. The summed E-state index contributed by atoms with van der Waals surface area (Å²) in [5.74, 6) is 0. The molecule has 4 heteroatoms. The van der Waals surface area contributed by atoms with Gasteiger partial charge in [-0.15, -0.1) is 0 Å². The van der Waals surface area contributed by atoms with E-state index >= 15 is 0 Å². The van der Waals surface area contributed by atoms with Crippen LogP contribution >= 0.6 is 0 Å². The Labute approximate surface area is 59.5 Å². The zero-order valence-electron chi connectivity index (χ0n) is 0.603. The van der Waals surface area contributed by atoms with E-state index in [0.717, 1.165) is 0 Å². The van der Waals surface area contributed by atoms with Gasteiger partial charge in [0.2, 0.25) is 0 Å². The summed E-state index contributed by atoms with van der Waals surface area (Å²) in [5.41, 5.74) is 0. The normalized spacial score (nSPS) is 0. The Morgan fingerprint density at radius 2 is 0.750 bits per heavy atom. The van der Waals surface area contributed by atoms with Gasteiger partial charge in [0.25, 0.3) is 0 Å². The summed E-state index contributed by atoms with van der Waals surface area (Å²) in [6.07, 6.45) is 0. The minimum atomic E-state index is 0. The van der Waals surface area contributed by atoms with Gasteiger partial charge in [-0.05, 0) is 0 Å². The molecule has 0 aromatic heterocycles. The molecule has 0 spiro atoms. The third kappa shape index (κ3) is 9.51. The van der Waals surface area contributed by atoms with E-state index < -0.39 is 0 Å². The molecule has 0 heterocycles. The quantitative estimate of drug-likeness (QED) is 0.458. The van der Waals surface area contributed by atoms with Gasteiger partial charge >= 0.3 is 20.2 Å². The van der Waals surface area contributed by atoms with E-state index in [1.54, 1.807) is 0 Å². The monoisotopic (exact) mass is 282 g/mol. The molecule has 0 fully saturated rings. The Hall–Kier alpha value is 1.60. The van der Waals surface area contributed by atoms with Crippen molar-refractivity contribution >= 4 is 20.2 Å². The third-order valence-electron chi connectivity index (χ3n) is 0. The van der Waals surface area contributed by atoms with Crippen LogP contribution in [0.25, 0.3) is 0 Å². The van der Waals surface area contributed by atoms with Gasteiger partial charge in [0.05, 0.1) is 0 Å². The fourth-order valence-corrected chi connectivity index (χ4v) is 0. The zero-order chi connectivity index (χ0) is 0. The zero-order valence-corrected chi connectivity index (χ0v) is 3.71. The van der Waals surface area contributed by atoms with Crippen molar-refractivity contribution in [2.75, 3.05) is 0 Å². The van der Waals surface area contributed by atoms with Crippen LogP contribution in [0.3, 0.4) is 0 Å². The molecule has 0 aliphatic carbocycles. The maximum atomic E-state index is 0. The molecule has 0 saturated carbocycles. The average molecular weight is 283 g/mol. The van der Waals surface area contributed by atoms with Crippen molar-refractivity contribution < 1.29 is 39.4 Å². The fraction of sp³-hybridized carbons (Fsp3) is 0. The van der Waals surface area contributed by atoms with Gasteiger partial charge in [0.1, 0.15) is 0 Å². The molecule has 0 amide bonds. The second-order valence-corrected chi connectivity index (χ2v) is 0. The van der Waals surface area contributed by atoms with Gasteiger partial charge in [0.15, 0.2) is 0 Å². The molecule has 0 atom stereocenters. The molecule has 0 bridgehead atoms. The third-order valence-corrected chi connectivity index (χ3v) is 0. The Morgan fingerprint density at radius 1 is 0.750 bits per heavy atom. The first-order valence-electron chi connectivity index (χ1n) is 0. The predicted octanol–water partition coefficient (Wildman–Crippen LogP) is -1.84. The standard InChI is InChI=1S/Au.2Be.Cu.4H. The number of hydrogen-bond donors (Lipinski definition) is 0. The van der Waals surface area contributed by atoms with Gasteiger partial charge in [-0.2, -0.15) is 0 Å². The second kappa shape index (κ2) is 23.3. The van der Waals surface area contributed by atoms with Crippen molar-refractivity contribution in [3.63, 3.8) is 0 Å². The largest absolute Gasteiger partial charge is 0 e. The molecule has 0 rings (SSSR count). The van der Waals surface area contributed by atoms with E-state index in [1.165, 1.54) is 0 Å². The summed E-state index contributed by atoms with van der Waals surface area (Å²) in [4.78, 5) is 0. The summed E-state index contributed by atoms with van der Waals surface area (Å²) >= 11 is 0. The smallest absolute Gasteiger partial charge is 0 e. The van der Waals surface area contributed by atoms with Crippen LogP contribution in [0.4, 0.5) is 0 Å². The fourth-order valence-electron chi connectivity index (χ4n) is 0. The first-order valence-corrected chi connectivity index (χ1v) is 0. The molecule has 0 unspecified atom stereocenters. The average Bonchev–Trinajstić information content (AvgIpc) is 0. The van der Waals surface area contributed by atoms with Crippen molar-refractivity contribution in [3.05, 3.63) is 0 Å². The summed E-state index contributed by atoms with van der Waals surface area (Å²) in [5, 5.41) is 0. The summed E-state index contributed by atoms with van der Waals surface area (Å²) < 4.78 is 0. The van der Waals surface area contributed by atoms with E-state index in [1.807, 2.05) is 0 Å². The van der Waals surface area contributed by atoms with Gasteiger partial charge in [-0.1, -0.05) is 0 Å². The summed E-state index contributed by atoms with van der Waals surface area (Å²) in [6.45, 7) is 0. The Kier molecular flexibility index (Phi) is 270. The maximum Gasteiger partial charge on any atom is 0 e. The number of rotatable bonds is 0. The molecule has 0 saturated heterocycles. The van der Waals surface area contributed by atoms with Crippen LogP contribution in [0.5, 0.6) is 0 Å². The molecule has 0 aromatic carbocycles. The molecule has 4 heavy (non-hydrogen) atoms. The van der Waals surface area contributed by atoms with Crippen LogP contribution in [-0.4, -0.2) is 20.2 Å². The Morgan fingerprint density at radius 3 is 0.750 bits per heavy atom. The summed E-state index contributed by atoms with van der Waals surface area (Å²) in [6, 6.07) is 0. The van der Waals surface area contributed by atoms with E-state index in [-0.39, 0.29) is 59.7 Å². The molecule has 30 valence electrons. The van der Waals surface area contributed by atoms with Crippen LogP contribution in [0.2, 0.25) is 0 Å². The second-order valence-electron chi connectivity index (χ2n) is 0. The molecule has 0 aliphatic heterocycles. The minimum absolute atomic E-state index is 0. The molecule has 2 radical (unpaired) electrons. The van der Waals surface area contributed by atoms with Crippen LogP contribution in [0.15, 0.2) is 0 Å². The predicted molar refractivity (Wildman–Crippen MR) is 17.1 cm³/mol. The topological polar surface area (TPSA) is 0 Å². The van der Waals surface area contributed by atoms with E-state index in [4.69, 9.17) is 0 Å². The molecule has 0 N–H and O–H groups in total. The van der Waals surface area contributed by atoms with Gasteiger partial charge < -0.3 is 0 Å². The van der Waals surface area contributed by atoms with Gasteiger partial charge in [0, 0.05) is 39.4 Å². The molecular weight excluding hydrogens is 279 g/mol. The van der Waals surface area contributed by atoms with Gasteiger partial charge in [-0.25, -0.2) is 0 Å². The van der Waals surface area contributed by atoms with Crippen molar-refractivity contribution in [3.8, 4) is 0 Å². The Bertz CT molecular complexity index is 6.00. The molecule has 0 aromatic rings. The van der Waals surface area contributed by atoms with Crippen LogP contribution < -0.4 is 0 Å². The SMILES string of the molecule is [Au].[BeH2].[BeH2].[Cu]. The summed E-state index contributed by atoms with van der Waals surface area (Å²) in [7, 11) is 0. The first kappa shape index (κ1) is 46.4. The van der Waals surface area contributed by atoms with E-state index in [0.29, 0.717) is 0 Å². The maximum absolute atomic E-state index is 0. The first-order chi connectivity index (χ1) is 0. The minimum Gasteiger partial charge on any atom is 0 e. The molecular formula is H4AuBe2Cu. The van der Waals surface area contributed by atoms with Crippen molar-refractivity contribution in [2.45, 2.75) is 0 Å².